The van der Waals surface area contributed by atoms with Gasteiger partial charge in [0.25, 0.3) is 0 Å². The first-order chi connectivity index (χ1) is 4.77. The van der Waals surface area contributed by atoms with Crippen molar-refractivity contribution in [2.75, 3.05) is 0 Å². The molecule has 2 unspecified atom stereocenters. The van der Waals surface area contributed by atoms with Gasteiger partial charge < -0.3 is 4.74 Å². The van der Waals surface area contributed by atoms with Gasteiger partial charge in [-0.2, -0.15) is 0 Å². The van der Waals surface area contributed by atoms with Crippen LogP contribution in [0.25, 0.3) is 0 Å². The number of epoxide rings is 1. The van der Waals surface area contributed by atoms with Crippen LogP contribution >= 0.6 is 0 Å². The third kappa shape index (κ3) is 0.988. The maximum atomic E-state index is 5.42. The zero-order chi connectivity index (χ0) is 7.14. The predicted molar refractivity (Wildman–Crippen MR) is 40.8 cm³/mol. The molecule has 1 saturated carbocycles. The highest BCUT2D eigenvalue weighted by Gasteiger charge is 2.43. The van der Waals surface area contributed by atoms with Gasteiger partial charge in [0.1, 0.15) is 0 Å². The van der Waals surface area contributed by atoms with Crippen LogP contribution in [0.3, 0.4) is 0 Å². The van der Waals surface area contributed by atoms with Gasteiger partial charge in [0.2, 0.25) is 0 Å². The number of ether oxygens (including phenoxy) is 1. The second-order valence-corrected chi connectivity index (χ2v) is 3.57. The molecule has 2 rings (SSSR count). The van der Waals surface area contributed by atoms with Crippen molar-refractivity contribution < 1.29 is 4.74 Å². The Morgan fingerprint density at radius 2 is 2.20 bits per heavy atom. The fraction of sp³-hybridized carbons (Fsp3) is 0.778. The topological polar surface area (TPSA) is 12.5 Å². The summed E-state index contributed by atoms with van der Waals surface area (Å²) in [4.78, 5) is 0. The lowest BCUT2D eigenvalue weighted by atomic mass is 9.85. The maximum Gasteiger partial charge on any atom is 0.0847 e. The van der Waals surface area contributed by atoms with E-state index in [1.807, 2.05) is 0 Å². The second-order valence-electron chi connectivity index (χ2n) is 3.57. The van der Waals surface area contributed by atoms with E-state index in [1.165, 1.54) is 24.8 Å². The quantitative estimate of drug-likeness (QED) is 0.399. The summed E-state index contributed by atoms with van der Waals surface area (Å²) in [5.41, 5.74) is 1.34. The molecule has 2 aliphatic rings. The van der Waals surface area contributed by atoms with Crippen LogP contribution in [0, 0.1) is 5.92 Å². The van der Waals surface area contributed by atoms with Gasteiger partial charge in [0.15, 0.2) is 0 Å². The summed E-state index contributed by atoms with van der Waals surface area (Å²) in [6, 6.07) is 0. The normalized spacial score (nSPS) is 44.3. The van der Waals surface area contributed by atoms with Gasteiger partial charge >= 0.3 is 0 Å². The molecule has 1 saturated heterocycles. The Hall–Kier alpha value is -0.300. The Labute approximate surface area is 62.1 Å². The zero-order valence-corrected chi connectivity index (χ0v) is 6.47. The summed E-state index contributed by atoms with van der Waals surface area (Å²) in [5, 5.41) is 0. The molecule has 10 heavy (non-hydrogen) atoms. The molecular weight excluding hydrogens is 124 g/mol. The molecule has 1 heterocycles. The number of hydrogen-bond donors (Lipinski definition) is 0. The monoisotopic (exact) mass is 138 g/mol. The van der Waals surface area contributed by atoms with E-state index in [0.717, 1.165) is 5.92 Å². The molecule has 1 aliphatic carbocycles. The molecule has 3 atom stereocenters. The molecule has 1 nitrogen and oxygen atoms in total. The third-order valence-electron chi connectivity index (χ3n) is 2.70. The van der Waals surface area contributed by atoms with Gasteiger partial charge in [-0.15, -0.1) is 0 Å². The minimum atomic E-state index is 0.607. The van der Waals surface area contributed by atoms with Gasteiger partial charge in [0.05, 0.1) is 12.2 Å². The highest BCUT2D eigenvalue weighted by atomic mass is 16.6. The standard InChI is InChI=1S/C9H14O/c1-6(2)7-3-4-8-9(5-7)10-8/h7-9H,1,3-5H2,2H3/t7-,8?,9?/m1/s1. The molecule has 0 spiro atoms. The van der Waals surface area contributed by atoms with Crippen LogP contribution in [-0.2, 0) is 4.74 Å². The van der Waals surface area contributed by atoms with Gasteiger partial charge in [-0.05, 0) is 32.1 Å². The van der Waals surface area contributed by atoms with E-state index in [-0.39, 0.29) is 0 Å². The van der Waals surface area contributed by atoms with Crippen LogP contribution in [0.15, 0.2) is 12.2 Å². The first-order valence-electron chi connectivity index (χ1n) is 4.08. The fourth-order valence-corrected chi connectivity index (χ4v) is 1.85. The van der Waals surface area contributed by atoms with Crippen molar-refractivity contribution in [2.45, 2.75) is 38.4 Å². The smallest absolute Gasteiger partial charge is 0.0847 e. The summed E-state index contributed by atoms with van der Waals surface area (Å²) < 4.78 is 5.42. The number of hydrogen-bond acceptors (Lipinski definition) is 1. The Balaban J connectivity index is 1.94. The molecule has 0 N–H and O–H groups in total. The Morgan fingerprint density at radius 3 is 2.80 bits per heavy atom. The molecule has 56 valence electrons. The molecule has 0 radical (unpaired) electrons. The SMILES string of the molecule is C=C(C)[C@@H]1CCC2OC2C1. The Morgan fingerprint density at radius 1 is 1.40 bits per heavy atom. The summed E-state index contributed by atoms with van der Waals surface area (Å²) in [7, 11) is 0. The largest absolute Gasteiger partial charge is 0.370 e. The highest BCUT2D eigenvalue weighted by molar-refractivity contribution is 5.04. The number of fused-ring (bicyclic) bond motifs is 1. The molecule has 0 bridgehead atoms. The van der Waals surface area contributed by atoms with Crippen molar-refractivity contribution in [3.8, 4) is 0 Å². The Kier molecular flexibility index (Phi) is 1.34. The molecule has 2 fully saturated rings. The van der Waals surface area contributed by atoms with E-state index in [1.54, 1.807) is 0 Å². The van der Waals surface area contributed by atoms with Crippen LogP contribution in [0.5, 0.6) is 0 Å². The lowest BCUT2D eigenvalue weighted by Gasteiger charge is -2.18. The summed E-state index contributed by atoms with van der Waals surface area (Å²) in [5.74, 6) is 0.753. The molecule has 1 aliphatic heterocycles. The van der Waals surface area contributed by atoms with E-state index >= 15 is 0 Å². The van der Waals surface area contributed by atoms with E-state index in [9.17, 15) is 0 Å². The van der Waals surface area contributed by atoms with Crippen LogP contribution in [0.4, 0.5) is 0 Å². The molecule has 0 aromatic carbocycles. The Bertz CT molecular complexity index is 162. The van der Waals surface area contributed by atoms with Gasteiger partial charge in [-0.25, -0.2) is 0 Å². The van der Waals surface area contributed by atoms with Gasteiger partial charge in [-0.3, -0.25) is 0 Å². The van der Waals surface area contributed by atoms with E-state index < -0.39 is 0 Å². The van der Waals surface area contributed by atoms with Crippen LogP contribution in [-0.4, -0.2) is 12.2 Å². The second kappa shape index (κ2) is 2.09. The first kappa shape index (κ1) is 6.41. The molecule has 0 aromatic heterocycles. The van der Waals surface area contributed by atoms with E-state index in [2.05, 4.69) is 13.5 Å². The third-order valence-corrected chi connectivity index (χ3v) is 2.70. The van der Waals surface area contributed by atoms with Crippen molar-refractivity contribution in [3.05, 3.63) is 12.2 Å². The average Bonchev–Trinajstić information content (AvgIpc) is 2.63. The van der Waals surface area contributed by atoms with Crippen molar-refractivity contribution >= 4 is 0 Å². The zero-order valence-electron chi connectivity index (χ0n) is 6.47. The minimum Gasteiger partial charge on any atom is -0.370 e. The van der Waals surface area contributed by atoms with Crippen LogP contribution in [0.1, 0.15) is 26.2 Å². The van der Waals surface area contributed by atoms with Crippen molar-refractivity contribution in [1.29, 1.82) is 0 Å². The lowest BCUT2D eigenvalue weighted by Crippen LogP contribution is -2.13. The molecule has 1 heteroatoms. The van der Waals surface area contributed by atoms with Crippen molar-refractivity contribution in [2.24, 2.45) is 5.92 Å². The van der Waals surface area contributed by atoms with Crippen molar-refractivity contribution in [1.82, 2.24) is 0 Å². The van der Waals surface area contributed by atoms with Crippen LogP contribution < -0.4 is 0 Å². The average molecular weight is 138 g/mol. The number of rotatable bonds is 1. The first-order valence-corrected chi connectivity index (χ1v) is 4.08. The summed E-state index contributed by atoms with van der Waals surface area (Å²) >= 11 is 0. The summed E-state index contributed by atoms with van der Waals surface area (Å²) in [6.45, 7) is 6.11. The predicted octanol–water partition coefficient (Wildman–Crippen LogP) is 2.13. The van der Waals surface area contributed by atoms with E-state index in [0.29, 0.717) is 12.2 Å². The van der Waals surface area contributed by atoms with E-state index in [4.69, 9.17) is 4.74 Å². The highest BCUT2D eigenvalue weighted by Crippen LogP contribution is 2.41. The summed E-state index contributed by atoms with van der Waals surface area (Å²) in [6.07, 6.45) is 5.05. The van der Waals surface area contributed by atoms with Gasteiger partial charge in [0, 0.05) is 0 Å². The van der Waals surface area contributed by atoms with Gasteiger partial charge in [-0.1, -0.05) is 12.2 Å². The molecular formula is C9H14O. The maximum absolute atomic E-state index is 5.42. The minimum absolute atomic E-state index is 0.607. The fourth-order valence-electron chi connectivity index (χ4n) is 1.85. The molecule has 0 aromatic rings. The van der Waals surface area contributed by atoms with Crippen LogP contribution in [0.2, 0.25) is 0 Å². The lowest BCUT2D eigenvalue weighted by molar-refractivity contribution is 0.369. The van der Waals surface area contributed by atoms with Crippen molar-refractivity contribution in [3.63, 3.8) is 0 Å². The molecule has 0 amide bonds. The number of allylic oxidation sites excluding steroid dienone is 1.